The number of nitrogens with zero attached hydrogens (tertiary/aromatic N) is 2. The van der Waals surface area contributed by atoms with Gasteiger partial charge in [0, 0.05) is 17.0 Å². The highest BCUT2D eigenvalue weighted by atomic mass is 32.1. The first-order valence-corrected chi connectivity index (χ1v) is 11.2. The van der Waals surface area contributed by atoms with Gasteiger partial charge in [-0.3, -0.25) is 14.2 Å². The van der Waals surface area contributed by atoms with Crippen molar-refractivity contribution in [1.29, 1.82) is 0 Å². The van der Waals surface area contributed by atoms with E-state index in [2.05, 4.69) is 23.2 Å². The van der Waals surface area contributed by atoms with Crippen LogP contribution in [0.4, 0.5) is 0 Å². The number of fused-ring (bicyclic) bond motifs is 2. The van der Waals surface area contributed by atoms with Crippen molar-refractivity contribution in [2.24, 2.45) is 0 Å². The van der Waals surface area contributed by atoms with E-state index >= 15 is 0 Å². The first-order chi connectivity index (χ1) is 14.6. The van der Waals surface area contributed by atoms with Crippen molar-refractivity contribution >= 4 is 27.5 Å². The number of ether oxygens (including phenoxy) is 2. The summed E-state index contributed by atoms with van der Waals surface area (Å²) < 4.78 is 11.6. The number of rotatable bonds is 7. The Morgan fingerprint density at radius 2 is 2.00 bits per heavy atom. The number of esters is 1. The predicted molar refractivity (Wildman–Crippen MR) is 118 cm³/mol. The first kappa shape index (κ1) is 20.8. The van der Waals surface area contributed by atoms with Crippen LogP contribution in [0.5, 0.6) is 0 Å². The van der Waals surface area contributed by atoms with Crippen molar-refractivity contribution in [1.82, 2.24) is 9.55 Å². The third kappa shape index (κ3) is 4.18. The molecule has 1 aliphatic carbocycles. The Hall–Kier alpha value is -2.51. The van der Waals surface area contributed by atoms with Gasteiger partial charge in [0.25, 0.3) is 5.56 Å². The summed E-state index contributed by atoms with van der Waals surface area (Å²) >= 11 is 1.51. The number of carbonyl (C=O) groups excluding carboxylic acids is 1. The van der Waals surface area contributed by atoms with Gasteiger partial charge in [-0.25, -0.2) is 4.98 Å². The average molecular weight is 427 g/mol. The molecule has 0 saturated heterocycles. The number of thiophene rings is 1. The van der Waals surface area contributed by atoms with E-state index in [1.165, 1.54) is 46.2 Å². The third-order valence-corrected chi connectivity index (χ3v) is 6.50. The summed E-state index contributed by atoms with van der Waals surface area (Å²) in [6, 6.07) is 6.52. The fourth-order valence-corrected chi connectivity index (χ4v) is 5.03. The van der Waals surface area contributed by atoms with Gasteiger partial charge in [0.05, 0.1) is 18.3 Å². The maximum Gasteiger partial charge on any atom is 0.326 e. The molecule has 0 radical (unpaired) electrons. The molecule has 1 aliphatic rings. The largest absolute Gasteiger partial charge is 0.462 e. The van der Waals surface area contributed by atoms with Crippen LogP contribution in [0.3, 0.4) is 0 Å². The normalized spacial score (nSPS) is 13.4. The van der Waals surface area contributed by atoms with Crippen LogP contribution in [-0.2, 0) is 33.7 Å². The standard InChI is InChI=1S/C23H26N2O4S/c1-3-28-10-11-29-19(26)13-25-14-24-22-21(23(25)27)20(15(2)30-22)18-9-8-16-6-4-5-7-17(16)12-18/h8-9,12,14H,3-7,10-11,13H2,1-2H3. The number of aryl methyl sites for hydroxylation is 3. The molecule has 30 heavy (non-hydrogen) atoms. The highest BCUT2D eigenvalue weighted by molar-refractivity contribution is 7.19. The van der Waals surface area contributed by atoms with E-state index < -0.39 is 5.97 Å². The summed E-state index contributed by atoms with van der Waals surface area (Å²) in [6.45, 7) is 4.83. The summed E-state index contributed by atoms with van der Waals surface area (Å²) in [5.74, 6) is -0.472. The minimum absolute atomic E-state index is 0.160. The van der Waals surface area contributed by atoms with Gasteiger partial charge in [-0.15, -0.1) is 11.3 Å². The molecule has 2 heterocycles. The van der Waals surface area contributed by atoms with Gasteiger partial charge in [-0.05, 0) is 56.2 Å². The Morgan fingerprint density at radius 3 is 2.80 bits per heavy atom. The van der Waals surface area contributed by atoms with Crippen molar-refractivity contribution < 1.29 is 14.3 Å². The van der Waals surface area contributed by atoms with Crippen LogP contribution in [0, 0.1) is 6.92 Å². The lowest BCUT2D eigenvalue weighted by molar-refractivity contribution is -0.145. The van der Waals surface area contributed by atoms with E-state index in [0.29, 0.717) is 23.4 Å². The molecule has 0 bridgehead atoms. The molecule has 0 atom stereocenters. The molecule has 158 valence electrons. The van der Waals surface area contributed by atoms with Crippen molar-refractivity contribution in [3.05, 3.63) is 50.9 Å². The molecular formula is C23H26N2O4S. The molecule has 3 aromatic rings. The Labute approximate surface area is 179 Å². The minimum atomic E-state index is -0.472. The van der Waals surface area contributed by atoms with Crippen LogP contribution >= 0.6 is 11.3 Å². The second-order valence-electron chi connectivity index (χ2n) is 7.50. The van der Waals surface area contributed by atoms with Crippen LogP contribution in [0.25, 0.3) is 21.3 Å². The molecule has 0 aliphatic heterocycles. The second kappa shape index (κ2) is 9.10. The van der Waals surface area contributed by atoms with E-state index in [0.717, 1.165) is 28.8 Å². The Morgan fingerprint density at radius 1 is 1.20 bits per heavy atom. The van der Waals surface area contributed by atoms with Crippen molar-refractivity contribution in [2.75, 3.05) is 19.8 Å². The Balaban J connectivity index is 1.66. The molecule has 7 heteroatoms. The zero-order valence-electron chi connectivity index (χ0n) is 17.4. The molecule has 2 aromatic heterocycles. The quantitative estimate of drug-likeness (QED) is 0.423. The molecule has 0 saturated carbocycles. The zero-order chi connectivity index (χ0) is 21.1. The zero-order valence-corrected chi connectivity index (χ0v) is 18.2. The molecular weight excluding hydrogens is 400 g/mol. The monoisotopic (exact) mass is 426 g/mol. The van der Waals surface area contributed by atoms with Crippen molar-refractivity contribution in [3.8, 4) is 11.1 Å². The molecule has 1 aromatic carbocycles. The van der Waals surface area contributed by atoms with Crippen LogP contribution in [-0.4, -0.2) is 35.3 Å². The summed E-state index contributed by atoms with van der Waals surface area (Å²) in [7, 11) is 0. The lowest BCUT2D eigenvalue weighted by Gasteiger charge is -2.16. The smallest absolute Gasteiger partial charge is 0.326 e. The topological polar surface area (TPSA) is 70.4 Å². The fourth-order valence-electron chi connectivity index (χ4n) is 4.03. The first-order valence-electron chi connectivity index (χ1n) is 10.4. The highest BCUT2D eigenvalue weighted by Gasteiger charge is 2.19. The summed E-state index contributed by atoms with van der Waals surface area (Å²) in [4.78, 5) is 31.6. The second-order valence-corrected chi connectivity index (χ2v) is 8.70. The lowest BCUT2D eigenvalue weighted by atomic mass is 9.89. The van der Waals surface area contributed by atoms with Gasteiger partial charge in [0.15, 0.2) is 0 Å². The summed E-state index contributed by atoms with van der Waals surface area (Å²) in [5.41, 5.74) is 4.56. The number of carbonyl (C=O) groups is 1. The van der Waals surface area contributed by atoms with Crippen molar-refractivity contribution in [3.63, 3.8) is 0 Å². The van der Waals surface area contributed by atoms with E-state index in [1.807, 2.05) is 13.8 Å². The third-order valence-electron chi connectivity index (χ3n) is 5.49. The maximum atomic E-state index is 13.2. The van der Waals surface area contributed by atoms with Crippen LogP contribution in [0.15, 0.2) is 29.3 Å². The molecule has 4 rings (SSSR count). The van der Waals surface area contributed by atoms with Gasteiger partial charge in [-0.1, -0.05) is 18.2 Å². The average Bonchev–Trinajstić information content (AvgIpc) is 3.09. The van der Waals surface area contributed by atoms with Gasteiger partial charge in [0.2, 0.25) is 0 Å². The number of benzene rings is 1. The molecule has 0 spiro atoms. The van der Waals surface area contributed by atoms with E-state index in [9.17, 15) is 9.59 Å². The van der Waals surface area contributed by atoms with Crippen LogP contribution in [0.1, 0.15) is 35.8 Å². The van der Waals surface area contributed by atoms with Crippen LogP contribution < -0.4 is 5.56 Å². The van der Waals surface area contributed by atoms with E-state index in [-0.39, 0.29) is 18.7 Å². The molecule has 0 unspecified atom stereocenters. The lowest BCUT2D eigenvalue weighted by Crippen LogP contribution is -2.26. The van der Waals surface area contributed by atoms with Crippen LogP contribution in [0.2, 0.25) is 0 Å². The number of hydrogen-bond acceptors (Lipinski definition) is 6. The molecule has 0 amide bonds. The van der Waals surface area contributed by atoms with Gasteiger partial charge in [0.1, 0.15) is 18.0 Å². The van der Waals surface area contributed by atoms with E-state index in [4.69, 9.17) is 9.47 Å². The van der Waals surface area contributed by atoms with Gasteiger partial charge < -0.3 is 9.47 Å². The van der Waals surface area contributed by atoms with Crippen molar-refractivity contribution in [2.45, 2.75) is 46.1 Å². The molecule has 0 N–H and O–H groups in total. The summed E-state index contributed by atoms with van der Waals surface area (Å²) in [6.07, 6.45) is 6.09. The highest BCUT2D eigenvalue weighted by Crippen LogP contribution is 2.37. The molecule has 6 nitrogen and oxygen atoms in total. The van der Waals surface area contributed by atoms with Gasteiger partial charge >= 0.3 is 5.97 Å². The number of hydrogen-bond donors (Lipinski definition) is 0. The van der Waals surface area contributed by atoms with Gasteiger partial charge in [-0.2, -0.15) is 0 Å². The molecule has 0 fully saturated rings. The maximum absolute atomic E-state index is 13.2. The Bertz CT molecular complexity index is 1130. The predicted octanol–water partition coefficient (Wildman–Crippen LogP) is 3.89. The van der Waals surface area contributed by atoms with E-state index in [1.54, 1.807) is 0 Å². The summed E-state index contributed by atoms with van der Waals surface area (Å²) in [5, 5.41) is 0.581. The fraction of sp³-hybridized carbons (Fsp3) is 0.435. The Kier molecular flexibility index (Phi) is 6.29. The SMILES string of the molecule is CCOCCOC(=O)Cn1cnc2sc(C)c(-c3ccc4c(c3)CCCC4)c2c1=O. The number of aromatic nitrogens is 2. The minimum Gasteiger partial charge on any atom is -0.462 e.